The van der Waals surface area contributed by atoms with Crippen molar-refractivity contribution in [2.24, 2.45) is 0 Å². The van der Waals surface area contributed by atoms with Gasteiger partial charge < -0.3 is 10.6 Å². The number of anilines is 3. The van der Waals surface area contributed by atoms with E-state index in [2.05, 4.69) is 37.0 Å². The molecule has 0 bridgehead atoms. The molecule has 3 aromatic rings. The van der Waals surface area contributed by atoms with Gasteiger partial charge >= 0.3 is 6.03 Å². The van der Waals surface area contributed by atoms with Crippen LogP contribution in [0.3, 0.4) is 0 Å². The summed E-state index contributed by atoms with van der Waals surface area (Å²) >= 11 is 0. The predicted molar refractivity (Wildman–Crippen MR) is 116 cm³/mol. The molecular formula is C22H23N7O. The Morgan fingerprint density at radius 1 is 1.10 bits per heavy atom. The van der Waals surface area contributed by atoms with Gasteiger partial charge in [-0.15, -0.1) is 0 Å². The summed E-state index contributed by atoms with van der Waals surface area (Å²) in [6, 6.07) is 13.8. The lowest BCUT2D eigenvalue weighted by Gasteiger charge is -2.21. The third-order valence-corrected chi connectivity index (χ3v) is 5.37. The number of rotatable bonds is 5. The second-order valence-corrected chi connectivity index (χ2v) is 7.38. The molecule has 3 N–H and O–H groups in total. The Balaban J connectivity index is 1.52. The SMILES string of the molecule is CCNC(=O)Nc1cnc2ccc(Nc3ccc(C4(C#N)CCCC4)cc3)nc2n1. The van der Waals surface area contributed by atoms with Crippen molar-refractivity contribution in [3.63, 3.8) is 0 Å². The number of nitriles is 1. The molecule has 30 heavy (non-hydrogen) atoms. The molecule has 2 heterocycles. The van der Waals surface area contributed by atoms with Gasteiger partial charge in [-0.3, -0.25) is 5.32 Å². The van der Waals surface area contributed by atoms with Gasteiger partial charge in [0, 0.05) is 12.2 Å². The molecular weight excluding hydrogens is 378 g/mol. The minimum Gasteiger partial charge on any atom is -0.340 e. The third kappa shape index (κ3) is 4.01. The van der Waals surface area contributed by atoms with E-state index in [1.54, 1.807) is 0 Å². The fraction of sp³-hybridized carbons (Fsp3) is 0.318. The van der Waals surface area contributed by atoms with Crippen molar-refractivity contribution in [2.45, 2.75) is 38.0 Å². The minimum atomic E-state index is -0.344. The maximum absolute atomic E-state index is 11.7. The van der Waals surface area contributed by atoms with Crippen LogP contribution in [0.1, 0.15) is 38.2 Å². The predicted octanol–water partition coefficient (Wildman–Crippen LogP) is 4.25. The van der Waals surface area contributed by atoms with Crippen molar-refractivity contribution in [1.29, 1.82) is 5.26 Å². The Morgan fingerprint density at radius 2 is 1.83 bits per heavy atom. The van der Waals surface area contributed by atoms with E-state index >= 15 is 0 Å². The Hall–Kier alpha value is -3.73. The van der Waals surface area contributed by atoms with E-state index < -0.39 is 0 Å². The Kier molecular flexibility index (Phi) is 5.44. The quantitative estimate of drug-likeness (QED) is 0.589. The van der Waals surface area contributed by atoms with E-state index in [1.807, 2.05) is 43.3 Å². The fourth-order valence-electron chi connectivity index (χ4n) is 3.81. The number of nitrogens with zero attached hydrogens (tertiary/aromatic N) is 4. The molecule has 0 atom stereocenters. The van der Waals surface area contributed by atoms with E-state index in [4.69, 9.17) is 0 Å². The summed E-state index contributed by atoms with van der Waals surface area (Å²) in [7, 11) is 0. The van der Waals surface area contributed by atoms with E-state index in [1.165, 1.54) is 6.20 Å². The first kappa shape index (κ1) is 19.6. The van der Waals surface area contributed by atoms with E-state index in [9.17, 15) is 10.1 Å². The molecule has 8 heteroatoms. The minimum absolute atomic E-state index is 0.334. The van der Waals surface area contributed by atoms with Gasteiger partial charge in [0.05, 0.1) is 17.7 Å². The molecule has 0 unspecified atom stereocenters. The summed E-state index contributed by atoms with van der Waals surface area (Å²) in [5, 5.41) is 18.2. The average molecular weight is 401 g/mol. The number of fused-ring (bicyclic) bond motifs is 1. The van der Waals surface area contributed by atoms with Crippen molar-refractivity contribution in [1.82, 2.24) is 20.3 Å². The lowest BCUT2D eigenvalue weighted by molar-refractivity contribution is 0.252. The highest BCUT2D eigenvalue weighted by Gasteiger charge is 2.35. The van der Waals surface area contributed by atoms with Crippen LogP contribution < -0.4 is 16.0 Å². The van der Waals surface area contributed by atoms with Crippen molar-refractivity contribution < 1.29 is 4.79 Å². The van der Waals surface area contributed by atoms with Crippen molar-refractivity contribution >= 4 is 34.5 Å². The lowest BCUT2D eigenvalue weighted by Crippen LogP contribution is -2.28. The first-order chi connectivity index (χ1) is 14.6. The molecule has 1 aliphatic rings. The van der Waals surface area contributed by atoms with Crippen molar-refractivity contribution in [3.8, 4) is 6.07 Å². The number of hydrogen-bond donors (Lipinski definition) is 3. The maximum atomic E-state index is 11.7. The van der Waals surface area contributed by atoms with Crippen LogP contribution in [0.5, 0.6) is 0 Å². The van der Waals surface area contributed by atoms with Gasteiger partial charge in [-0.25, -0.2) is 19.7 Å². The molecule has 0 radical (unpaired) electrons. The first-order valence-corrected chi connectivity index (χ1v) is 10.1. The van der Waals surface area contributed by atoms with Crippen molar-refractivity contribution in [3.05, 3.63) is 48.2 Å². The zero-order valence-electron chi connectivity index (χ0n) is 16.8. The monoisotopic (exact) mass is 401 g/mol. The molecule has 2 aromatic heterocycles. The molecule has 1 aliphatic carbocycles. The second-order valence-electron chi connectivity index (χ2n) is 7.38. The summed E-state index contributed by atoms with van der Waals surface area (Å²) in [6.07, 6.45) is 5.56. The van der Waals surface area contributed by atoms with Gasteiger partial charge in [-0.05, 0) is 49.6 Å². The first-order valence-electron chi connectivity index (χ1n) is 10.1. The van der Waals surface area contributed by atoms with Gasteiger partial charge in [0.15, 0.2) is 11.5 Å². The lowest BCUT2D eigenvalue weighted by atomic mass is 9.80. The second kappa shape index (κ2) is 8.33. The molecule has 0 saturated heterocycles. The van der Waals surface area contributed by atoms with Crippen LogP contribution in [-0.4, -0.2) is 27.5 Å². The number of carbonyl (C=O) groups is 1. The molecule has 2 amide bonds. The fourth-order valence-corrected chi connectivity index (χ4v) is 3.81. The van der Waals surface area contributed by atoms with Gasteiger partial charge in [0.2, 0.25) is 0 Å². The topological polar surface area (TPSA) is 116 Å². The number of urea groups is 1. The van der Waals surface area contributed by atoms with Crippen molar-refractivity contribution in [2.75, 3.05) is 17.2 Å². The highest BCUT2D eigenvalue weighted by molar-refractivity contribution is 5.89. The number of benzene rings is 1. The summed E-state index contributed by atoms with van der Waals surface area (Å²) in [5.41, 5.74) is 2.67. The van der Waals surface area contributed by atoms with Crippen LogP contribution in [0, 0.1) is 11.3 Å². The van der Waals surface area contributed by atoms with E-state index in [0.29, 0.717) is 29.3 Å². The Bertz CT molecular complexity index is 1100. The summed E-state index contributed by atoms with van der Waals surface area (Å²) in [5.74, 6) is 0.955. The Morgan fingerprint density at radius 3 is 2.53 bits per heavy atom. The van der Waals surface area contributed by atoms with Crippen LogP contribution in [0.2, 0.25) is 0 Å². The van der Waals surface area contributed by atoms with Crippen LogP contribution >= 0.6 is 0 Å². The number of aromatic nitrogens is 3. The average Bonchev–Trinajstić information content (AvgIpc) is 3.25. The number of pyridine rings is 1. The highest BCUT2D eigenvalue weighted by atomic mass is 16.2. The smallest absolute Gasteiger partial charge is 0.320 e. The zero-order chi connectivity index (χ0) is 21.0. The largest absolute Gasteiger partial charge is 0.340 e. The number of hydrogen-bond acceptors (Lipinski definition) is 6. The van der Waals surface area contributed by atoms with Crippen LogP contribution in [0.15, 0.2) is 42.6 Å². The Labute approximate surface area is 174 Å². The molecule has 0 spiro atoms. The molecule has 8 nitrogen and oxygen atoms in total. The van der Waals surface area contributed by atoms with Crippen LogP contribution in [0.25, 0.3) is 11.2 Å². The van der Waals surface area contributed by atoms with Gasteiger partial charge in [0.25, 0.3) is 0 Å². The molecule has 0 aliphatic heterocycles. The molecule has 1 aromatic carbocycles. The van der Waals surface area contributed by atoms with E-state index in [-0.39, 0.29) is 11.4 Å². The number of carbonyl (C=O) groups excluding carboxylic acids is 1. The van der Waals surface area contributed by atoms with Crippen LogP contribution in [-0.2, 0) is 5.41 Å². The zero-order valence-corrected chi connectivity index (χ0v) is 16.8. The summed E-state index contributed by atoms with van der Waals surface area (Å²) < 4.78 is 0. The summed E-state index contributed by atoms with van der Waals surface area (Å²) in [6.45, 7) is 2.36. The third-order valence-electron chi connectivity index (χ3n) is 5.37. The number of nitrogens with one attached hydrogen (secondary N) is 3. The molecule has 4 rings (SSSR count). The van der Waals surface area contributed by atoms with Crippen LogP contribution in [0.4, 0.5) is 22.1 Å². The molecule has 152 valence electrons. The van der Waals surface area contributed by atoms with Gasteiger partial charge in [-0.2, -0.15) is 5.26 Å². The summed E-state index contributed by atoms with van der Waals surface area (Å²) in [4.78, 5) is 24.8. The highest BCUT2D eigenvalue weighted by Crippen LogP contribution is 2.40. The maximum Gasteiger partial charge on any atom is 0.320 e. The standard InChI is InChI=1S/C22H23N7O/c1-2-24-21(30)29-19-13-25-17-9-10-18(27-20(17)28-19)26-16-7-5-15(6-8-16)22(14-23)11-3-4-12-22/h5-10,13H,2-4,11-12H2,1H3,(H3,24,26,27,28,29,30). The molecule has 1 fully saturated rings. The molecule has 1 saturated carbocycles. The van der Waals surface area contributed by atoms with Gasteiger partial charge in [0.1, 0.15) is 11.3 Å². The number of amides is 2. The van der Waals surface area contributed by atoms with Gasteiger partial charge in [-0.1, -0.05) is 25.0 Å². The van der Waals surface area contributed by atoms with E-state index in [0.717, 1.165) is 36.9 Å². The normalized spacial score (nSPS) is 14.8.